The van der Waals surface area contributed by atoms with Gasteiger partial charge in [-0.2, -0.15) is 0 Å². The van der Waals surface area contributed by atoms with Crippen LogP contribution in [0.1, 0.15) is 26.2 Å². The van der Waals surface area contributed by atoms with E-state index in [1.165, 1.54) is 16.7 Å². The highest BCUT2D eigenvalue weighted by molar-refractivity contribution is 8.00. The van der Waals surface area contributed by atoms with E-state index >= 15 is 0 Å². The first-order valence-corrected chi connectivity index (χ1v) is 7.21. The second-order valence-electron chi connectivity index (χ2n) is 4.26. The van der Waals surface area contributed by atoms with Gasteiger partial charge in [-0.15, -0.1) is 11.8 Å². The number of amides is 3. The summed E-state index contributed by atoms with van der Waals surface area (Å²) in [7, 11) is 0. The molecule has 0 aliphatic carbocycles. The van der Waals surface area contributed by atoms with Gasteiger partial charge in [0.05, 0.1) is 5.37 Å². The number of aliphatic carboxylic acids is 1. The minimum absolute atomic E-state index is 0.114. The highest BCUT2D eigenvalue weighted by Crippen LogP contribution is 2.31. The predicted octanol–water partition coefficient (Wildman–Crippen LogP) is 0.200. The van der Waals surface area contributed by atoms with Crippen LogP contribution in [0.5, 0.6) is 0 Å². The molecule has 1 fully saturated rings. The summed E-state index contributed by atoms with van der Waals surface area (Å²) in [5.74, 6) is -1.00. The van der Waals surface area contributed by atoms with Crippen molar-refractivity contribution in [3.63, 3.8) is 0 Å². The maximum atomic E-state index is 12.0. The molecule has 4 N–H and O–H groups in total. The van der Waals surface area contributed by atoms with Crippen molar-refractivity contribution >= 4 is 29.7 Å². The Bertz CT molecular complexity index is 364. The Labute approximate surface area is 115 Å². The average molecular weight is 289 g/mol. The van der Waals surface area contributed by atoms with Crippen LogP contribution in [0.3, 0.4) is 0 Å². The van der Waals surface area contributed by atoms with E-state index in [1.54, 1.807) is 0 Å². The molecule has 108 valence electrons. The normalized spacial score (nSPS) is 22.3. The monoisotopic (exact) mass is 289 g/mol. The van der Waals surface area contributed by atoms with E-state index in [0.29, 0.717) is 25.1 Å². The van der Waals surface area contributed by atoms with Gasteiger partial charge in [-0.05, 0) is 12.8 Å². The molecule has 1 aliphatic rings. The van der Waals surface area contributed by atoms with Gasteiger partial charge >= 0.3 is 12.0 Å². The molecule has 0 saturated carbocycles. The molecule has 7 nitrogen and oxygen atoms in total. The first kappa shape index (κ1) is 15.6. The fourth-order valence-electron chi connectivity index (χ4n) is 1.89. The zero-order valence-electron chi connectivity index (χ0n) is 10.8. The van der Waals surface area contributed by atoms with Gasteiger partial charge in [0.15, 0.2) is 0 Å². The summed E-state index contributed by atoms with van der Waals surface area (Å²) in [5, 5.41) is 11.6. The Morgan fingerprint density at radius 3 is 2.68 bits per heavy atom. The SMILES string of the molecule is CCC1SCC(C(=O)O)N1C(=O)NCCCC(N)=O. The van der Waals surface area contributed by atoms with Crippen LogP contribution in [-0.4, -0.2) is 51.6 Å². The number of carbonyl (C=O) groups is 3. The molecule has 2 atom stereocenters. The van der Waals surface area contributed by atoms with E-state index in [2.05, 4.69) is 5.32 Å². The summed E-state index contributed by atoms with van der Waals surface area (Å²) in [4.78, 5) is 35.0. The van der Waals surface area contributed by atoms with Gasteiger partial charge in [0, 0.05) is 18.7 Å². The average Bonchev–Trinajstić information content (AvgIpc) is 2.77. The molecule has 1 aliphatic heterocycles. The summed E-state index contributed by atoms with van der Waals surface area (Å²) in [5.41, 5.74) is 4.99. The van der Waals surface area contributed by atoms with Crippen LogP contribution in [0.25, 0.3) is 0 Å². The van der Waals surface area contributed by atoms with E-state index in [0.717, 1.165) is 0 Å². The van der Waals surface area contributed by atoms with Crippen molar-refractivity contribution in [3.8, 4) is 0 Å². The molecule has 0 aromatic heterocycles. The van der Waals surface area contributed by atoms with E-state index in [-0.39, 0.29) is 11.8 Å². The van der Waals surface area contributed by atoms with Crippen LogP contribution in [0.15, 0.2) is 0 Å². The molecule has 0 radical (unpaired) electrons. The smallest absolute Gasteiger partial charge is 0.327 e. The molecule has 1 rings (SSSR count). The number of hydrogen-bond acceptors (Lipinski definition) is 4. The third-order valence-corrected chi connectivity index (χ3v) is 4.29. The largest absolute Gasteiger partial charge is 0.480 e. The number of carboxylic acid groups (broad SMARTS) is 1. The standard InChI is InChI=1S/C11H19N3O4S/c1-2-9-14(7(6-19-9)10(16)17)11(18)13-5-3-4-8(12)15/h7,9H,2-6H2,1H3,(H2,12,15)(H,13,18)(H,16,17). The molecule has 2 unspecified atom stereocenters. The summed E-state index contributed by atoms with van der Waals surface area (Å²) in [6, 6.07) is -1.18. The minimum atomic E-state index is -0.990. The topological polar surface area (TPSA) is 113 Å². The maximum absolute atomic E-state index is 12.0. The summed E-state index contributed by atoms with van der Waals surface area (Å²) >= 11 is 1.47. The van der Waals surface area contributed by atoms with Crippen molar-refractivity contribution in [1.29, 1.82) is 0 Å². The number of rotatable bonds is 6. The fourth-order valence-corrected chi connectivity index (χ4v) is 3.24. The van der Waals surface area contributed by atoms with Crippen molar-refractivity contribution < 1.29 is 19.5 Å². The summed E-state index contributed by atoms with van der Waals surface area (Å²) in [6.45, 7) is 2.22. The number of carbonyl (C=O) groups excluding carboxylic acids is 2. The van der Waals surface area contributed by atoms with E-state index < -0.39 is 23.9 Å². The second kappa shape index (κ2) is 7.22. The number of primary amides is 1. The van der Waals surface area contributed by atoms with Crippen molar-refractivity contribution in [2.45, 2.75) is 37.6 Å². The zero-order valence-corrected chi connectivity index (χ0v) is 11.6. The van der Waals surface area contributed by atoms with Gasteiger partial charge in [-0.3, -0.25) is 9.69 Å². The molecule has 0 aromatic rings. The number of nitrogens with one attached hydrogen (secondary N) is 1. The lowest BCUT2D eigenvalue weighted by molar-refractivity contribution is -0.141. The summed E-state index contributed by atoms with van der Waals surface area (Å²) in [6.07, 6.45) is 1.36. The Morgan fingerprint density at radius 2 is 2.16 bits per heavy atom. The molecule has 8 heteroatoms. The van der Waals surface area contributed by atoms with Gasteiger partial charge in [-0.25, -0.2) is 9.59 Å². The second-order valence-corrected chi connectivity index (χ2v) is 5.47. The Kier molecular flexibility index (Phi) is 5.94. The van der Waals surface area contributed by atoms with Gasteiger partial charge in [0.1, 0.15) is 6.04 Å². The first-order valence-electron chi connectivity index (χ1n) is 6.16. The van der Waals surface area contributed by atoms with Crippen molar-refractivity contribution in [1.82, 2.24) is 10.2 Å². The molecular formula is C11H19N3O4S. The molecular weight excluding hydrogens is 270 g/mol. The highest BCUT2D eigenvalue weighted by atomic mass is 32.2. The Hall–Kier alpha value is -1.44. The molecule has 1 saturated heterocycles. The van der Waals surface area contributed by atoms with E-state index in [4.69, 9.17) is 10.8 Å². The number of carboxylic acids is 1. The molecule has 1 heterocycles. The molecule has 0 aromatic carbocycles. The maximum Gasteiger partial charge on any atom is 0.327 e. The third-order valence-electron chi connectivity index (χ3n) is 2.84. The highest BCUT2D eigenvalue weighted by Gasteiger charge is 2.40. The number of nitrogens with two attached hydrogens (primary N) is 1. The molecule has 19 heavy (non-hydrogen) atoms. The minimum Gasteiger partial charge on any atom is -0.480 e. The lowest BCUT2D eigenvalue weighted by atomic mass is 10.2. The van der Waals surface area contributed by atoms with Gasteiger partial charge < -0.3 is 16.2 Å². The molecule has 0 bridgehead atoms. The molecule has 0 spiro atoms. The predicted molar refractivity (Wildman–Crippen MR) is 71.6 cm³/mol. The van der Waals surface area contributed by atoms with Crippen molar-refractivity contribution in [2.24, 2.45) is 5.73 Å². The summed E-state index contributed by atoms with van der Waals surface area (Å²) < 4.78 is 0. The van der Waals surface area contributed by atoms with Crippen LogP contribution in [-0.2, 0) is 9.59 Å². The van der Waals surface area contributed by atoms with Crippen LogP contribution >= 0.6 is 11.8 Å². The van der Waals surface area contributed by atoms with Crippen LogP contribution < -0.4 is 11.1 Å². The Morgan fingerprint density at radius 1 is 1.47 bits per heavy atom. The van der Waals surface area contributed by atoms with Gasteiger partial charge in [-0.1, -0.05) is 6.92 Å². The van der Waals surface area contributed by atoms with E-state index in [1.807, 2.05) is 6.92 Å². The van der Waals surface area contributed by atoms with Gasteiger partial charge in [0.25, 0.3) is 0 Å². The van der Waals surface area contributed by atoms with Crippen LogP contribution in [0, 0.1) is 0 Å². The fraction of sp³-hybridized carbons (Fsp3) is 0.727. The lowest BCUT2D eigenvalue weighted by Crippen LogP contribution is -2.50. The third kappa shape index (κ3) is 4.30. The zero-order chi connectivity index (χ0) is 14.4. The van der Waals surface area contributed by atoms with Crippen molar-refractivity contribution in [2.75, 3.05) is 12.3 Å². The van der Waals surface area contributed by atoms with Crippen LogP contribution in [0.2, 0.25) is 0 Å². The first-order chi connectivity index (χ1) is 8.97. The van der Waals surface area contributed by atoms with Crippen molar-refractivity contribution in [3.05, 3.63) is 0 Å². The molecule has 3 amide bonds. The van der Waals surface area contributed by atoms with Gasteiger partial charge in [0.2, 0.25) is 5.91 Å². The number of urea groups is 1. The van der Waals surface area contributed by atoms with Crippen LogP contribution in [0.4, 0.5) is 4.79 Å². The number of thioether (sulfide) groups is 1. The number of nitrogens with zero attached hydrogens (tertiary/aromatic N) is 1. The number of hydrogen-bond donors (Lipinski definition) is 3. The quantitative estimate of drug-likeness (QED) is 0.605. The Balaban J connectivity index is 2.51. The lowest BCUT2D eigenvalue weighted by Gasteiger charge is -2.26. The van der Waals surface area contributed by atoms with E-state index in [9.17, 15) is 14.4 Å².